The van der Waals surface area contributed by atoms with Crippen LogP contribution in [0, 0.1) is 0 Å². The van der Waals surface area contributed by atoms with Crippen LogP contribution in [0.5, 0.6) is 0 Å². The van der Waals surface area contributed by atoms with E-state index in [9.17, 15) is 9.59 Å². The van der Waals surface area contributed by atoms with Crippen molar-refractivity contribution in [2.24, 2.45) is 0 Å². The molecule has 104 valence electrons. The summed E-state index contributed by atoms with van der Waals surface area (Å²) in [4.78, 5) is 26.8. The Hall–Kier alpha value is -1.40. The molecule has 1 aromatic heterocycles. The fraction of sp³-hybridized carbons (Fsp3) is 0.538. The number of nitrogens with one attached hydrogen (secondary N) is 1. The molecule has 0 bridgehead atoms. The first-order valence-electron chi connectivity index (χ1n) is 6.21. The van der Waals surface area contributed by atoms with Crippen LogP contribution in [0.4, 0.5) is 0 Å². The number of hydrogen-bond donors (Lipinski definition) is 1. The van der Waals surface area contributed by atoms with Gasteiger partial charge in [-0.25, -0.2) is 0 Å². The molecule has 0 saturated carbocycles. The zero-order valence-electron chi connectivity index (χ0n) is 11.1. The molecule has 6 heteroatoms. The van der Waals surface area contributed by atoms with Crippen molar-refractivity contribution in [1.29, 1.82) is 0 Å². The fourth-order valence-corrected chi connectivity index (χ4v) is 2.85. The van der Waals surface area contributed by atoms with Crippen LogP contribution in [0.15, 0.2) is 17.5 Å². The summed E-state index contributed by atoms with van der Waals surface area (Å²) in [6.45, 7) is 2.95. The van der Waals surface area contributed by atoms with Crippen molar-refractivity contribution in [3.05, 3.63) is 22.4 Å². The molecule has 2 amide bonds. The molecule has 1 aliphatic rings. The number of likely N-dealkylation sites (N-methyl/N-ethyl adjacent to an activating group) is 1. The van der Waals surface area contributed by atoms with E-state index in [1.807, 2.05) is 17.5 Å². The second kappa shape index (κ2) is 5.71. The Kier molecular flexibility index (Phi) is 4.21. The second-order valence-electron chi connectivity index (χ2n) is 4.73. The van der Waals surface area contributed by atoms with Gasteiger partial charge in [-0.05, 0) is 18.4 Å². The van der Waals surface area contributed by atoms with Gasteiger partial charge in [-0.3, -0.25) is 9.59 Å². The number of carbonyl (C=O) groups excluding carboxylic acids is 2. The number of rotatable bonds is 3. The molecule has 1 aromatic rings. The Morgan fingerprint density at radius 1 is 1.58 bits per heavy atom. The fourth-order valence-electron chi connectivity index (χ4n) is 2.16. The zero-order chi connectivity index (χ0) is 13.9. The minimum Gasteiger partial charge on any atom is -0.362 e. The summed E-state index contributed by atoms with van der Waals surface area (Å²) in [5.74, 6) is -0.151. The standard InChI is InChI=1S/C13H18N2O3S/c1-13(12(17)14-2)9-15(5-6-18-13)11(16)8-10-4-3-7-19-10/h3-4,7H,5-6,8-9H2,1-2H3,(H,14,17)/t13-/m1/s1. The van der Waals surface area contributed by atoms with Crippen LogP contribution in [0.1, 0.15) is 11.8 Å². The summed E-state index contributed by atoms with van der Waals surface area (Å²) in [5, 5.41) is 4.54. The van der Waals surface area contributed by atoms with Gasteiger partial charge >= 0.3 is 0 Å². The molecule has 2 heterocycles. The topological polar surface area (TPSA) is 58.6 Å². The smallest absolute Gasteiger partial charge is 0.253 e. The third kappa shape index (κ3) is 3.13. The van der Waals surface area contributed by atoms with E-state index in [0.717, 1.165) is 4.88 Å². The summed E-state index contributed by atoms with van der Waals surface area (Å²) in [7, 11) is 1.57. The normalized spacial score (nSPS) is 23.2. The van der Waals surface area contributed by atoms with E-state index in [1.54, 1.807) is 30.2 Å². The molecule has 5 nitrogen and oxygen atoms in total. The number of ether oxygens (including phenoxy) is 1. The Balaban J connectivity index is 2.01. The molecular formula is C13H18N2O3S. The minimum atomic E-state index is -0.946. The molecule has 0 radical (unpaired) electrons. The van der Waals surface area contributed by atoms with E-state index >= 15 is 0 Å². The van der Waals surface area contributed by atoms with Crippen LogP contribution in [0.25, 0.3) is 0 Å². The lowest BCUT2D eigenvalue weighted by Gasteiger charge is -2.39. The summed E-state index contributed by atoms with van der Waals surface area (Å²) < 4.78 is 5.53. The molecule has 0 aliphatic carbocycles. The highest BCUT2D eigenvalue weighted by Gasteiger charge is 2.40. The number of nitrogens with zero attached hydrogens (tertiary/aromatic N) is 1. The number of hydrogen-bond acceptors (Lipinski definition) is 4. The highest BCUT2D eigenvalue weighted by atomic mass is 32.1. The number of amides is 2. The first-order valence-corrected chi connectivity index (χ1v) is 7.09. The van der Waals surface area contributed by atoms with Crippen molar-refractivity contribution in [2.45, 2.75) is 18.9 Å². The van der Waals surface area contributed by atoms with E-state index in [0.29, 0.717) is 26.1 Å². The lowest BCUT2D eigenvalue weighted by Crippen LogP contribution is -2.59. The average Bonchev–Trinajstić information content (AvgIpc) is 2.90. The molecule has 1 atom stereocenters. The molecule has 1 fully saturated rings. The van der Waals surface area contributed by atoms with E-state index in [1.165, 1.54) is 0 Å². The molecule has 1 saturated heterocycles. The van der Waals surface area contributed by atoms with Gasteiger partial charge in [0.15, 0.2) is 5.60 Å². The van der Waals surface area contributed by atoms with Gasteiger partial charge < -0.3 is 15.0 Å². The lowest BCUT2D eigenvalue weighted by molar-refractivity contribution is -0.162. The first kappa shape index (κ1) is 14.0. The van der Waals surface area contributed by atoms with E-state index < -0.39 is 5.60 Å². The summed E-state index contributed by atoms with van der Waals surface area (Å²) >= 11 is 1.57. The molecule has 19 heavy (non-hydrogen) atoms. The molecule has 0 aromatic carbocycles. The Morgan fingerprint density at radius 2 is 2.37 bits per heavy atom. The molecule has 1 N–H and O–H groups in total. The minimum absolute atomic E-state index is 0.0425. The molecule has 1 aliphatic heterocycles. The quantitative estimate of drug-likeness (QED) is 0.886. The number of carbonyl (C=O) groups is 2. The average molecular weight is 282 g/mol. The summed E-state index contributed by atoms with van der Waals surface area (Å²) in [5.41, 5.74) is -0.946. The van der Waals surface area contributed by atoms with Crippen LogP contribution in [-0.2, 0) is 20.7 Å². The third-order valence-corrected chi connectivity index (χ3v) is 4.12. The Bertz CT molecular complexity index is 460. The van der Waals surface area contributed by atoms with Gasteiger partial charge in [0.1, 0.15) is 0 Å². The monoisotopic (exact) mass is 282 g/mol. The van der Waals surface area contributed by atoms with Crippen LogP contribution >= 0.6 is 11.3 Å². The SMILES string of the molecule is CNC(=O)[C@@]1(C)CN(C(=O)Cc2cccs2)CCO1. The van der Waals surface area contributed by atoms with Gasteiger partial charge in [0, 0.05) is 18.5 Å². The van der Waals surface area contributed by atoms with E-state index in [2.05, 4.69) is 5.32 Å². The predicted octanol–water partition coefficient (Wildman–Crippen LogP) is 0.654. The first-order chi connectivity index (χ1) is 9.05. The Morgan fingerprint density at radius 3 is 3.00 bits per heavy atom. The Labute approximate surface area is 116 Å². The number of morpholine rings is 1. The largest absolute Gasteiger partial charge is 0.362 e. The lowest BCUT2D eigenvalue weighted by atomic mass is 10.0. The van der Waals surface area contributed by atoms with Crippen LogP contribution in [0.3, 0.4) is 0 Å². The van der Waals surface area contributed by atoms with Crippen molar-refractivity contribution in [3.8, 4) is 0 Å². The van der Waals surface area contributed by atoms with Crippen molar-refractivity contribution in [1.82, 2.24) is 10.2 Å². The van der Waals surface area contributed by atoms with Crippen molar-refractivity contribution >= 4 is 23.2 Å². The van der Waals surface area contributed by atoms with E-state index in [-0.39, 0.29) is 11.8 Å². The summed E-state index contributed by atoms with van der Waals surface area (Å²) in [6.07, 6.45) is 0.390. The van der Waals surface area contributed by atoms with Gasteiger partial charge in [0.25, 0.3) is 5.91 Å². The number of thiophene rings is 1. The summed E-state index contributed by atoms with van der Waals surface area (Å²) in [6, 6.07) is 3.88. The molecule has 0 unspecified atom stereocenters. The molecule has 0 spiro atoms. The van der Waals surface area contributed by atoms with Gasteiger partial charge in [-0.1, -0.05) is 6.07 Å². The van der Waals surface area contributed by atoms with Crippen LogP contribution < -0.4 is 5.32 Å². The highest BCUT2D eigenvalue weighted by Crippen LogP contribution is 2.19. The maximum absolute atomic E-state index is 12.2. The zero-order valence-corrected chi connectivity index (χ0v) is 12.0. The van der Waals surface area contributed by atoms with Gasteiger partial charge in [0.05, 0.1) is 19.6 Å². The van der Waals surface area contributed by atoms with Crippen LogP contribution in [0.2, 0.25) is 0 Å². The maximum Gasteiger partial charge on any atom is 0.253 e. The molecule has 2 rings (SSSR count). The van der Waals surface area contributed by atoms with Crippen molar-refractivity contribution in [3.63, 3.8) is 0 Å². The van der Waals surface area contributed by atoms with Gasteiger partial charge in [-0.15, -0.1) is 11.3 Å². The maximum atomic E-state index is 12.2. The molecular weight excluding hydrogens is 264 g/mol. The predicted molar refractivity (Wildman–Crippen MR) is 73.0 cm³/mol. The van der Waals surface area contributed by atoms with Crippen LogP contribution in [-0.4, -0.2) is 49.1 Å². The highest BCUT2D eigenvalue weighted by molar-refractivity contribution is 7.10. The third-order valence-electron chi connectivity index (χ3n) is 3.24. The van der Waals surface area contributed by atoms with E-state index in [4.69, 9.17) is 4.74 Å². The second-order valence-corrected chi connectivity index (χ2v) is 5.76. The van der Waals surface area contributed by atoms with Crippen molar-refractivity contribution < 1.29 is 14.3 Å². The van der Waals surface area contributed by atoms with Crippen molar-refractivity contribution in [2.75, 3.05) is 26.7 Å². The van der Waals surface area contributed by atoms with Gasteiger partial charge in [-0.2, -0.15) is 0 Å². The van der Waals surface area contributed by atoms with Gasteiger partial charge in [0.2, 0.25) is 5.91 Å².